The Balaban J connectivity index is 0.000000399. The summed E-state index contributed by atoms with van der Waals surface area (Å²) in [5, 5.41) is 16.5. The van der Waals surface area contributed by atoms with Crippen molar-refractivity contribution in [2.45, 2.75) is 18.5 Å². The van der Waals surface area contributed by atoms with Gasteiger partial charge in [0.25, 0.3) is 0 Å². The quantitative estimate of drug-likeness (QED) is 0.484. The topological polar surface area (TPSA) is 127 Å². The summed E-state index contributed by atoms with van der Waals surface area (Å²) in [6, 6.07) is 7.73. The molecular weight excluding hydrogens is 268 g/mol. The number of nitrogens with two attached hydrogens (primary N) is 2. The van der Waals surface area contributed by atoms with Crippen molar-refractivity contribution >= 4 is 24.6 Å². The highest BCUT2D eigenvalue weighted by molar-refractivity contribution is 7.80. The van der Waals surface area contributed by atoms with Crippen molar-refractivity contribution in [1.29, 1.82) is 0 Å². The van der Waals surface area contributed by atoms with Crippen molar-refractivity contribution in [2.75, 3.05) is 5.75 Å². The number of carbonyl (C=O) groups is 2. The van der Waals surface area contributed by atoms with E-state index in [9.17, 15) is 9.59 Å². The number of hydrogen-bond acceptors (Lipinski definition) is 5. The van der Waals surface area contributed by atoms with Gasteiger partial charge >= 0.3 is 11.9 Å². The maximum Gasteiger partial charge on any atom is 0.321 e. The fourth-order valence-electron chi connectivity index (χ4n) is 1.03. The smallest absolute Gasteiger partial charge is 0.321 e. The molecule has 106 valence electrons. The van der Waals surface area contributed by atoms with Crippen molar-refractivity contribution in [3.63, 3.8) is 0 Å². The molecule has 7 heteroatoms. The van der Waals surface area contributed by atoms with Crippen molar-refractivity contribution in [3.8, 4) is 0 Å². The molecule has 0 aliphatic carbocycles. The second-order valence-electron chi connectivity index (χ2n) is 3.76. The molecule has 0 heterocycles. The average molecular weight is 286 g/mol. The van der Waals surface area contributed by atoms with E-state index < -0.39 is 24.0 Å². The number of aliphatic carboxylic acids is 2. The first kappa shape index (κ1) is 17.4. The number of benzene rings is 1. The summed E-state index contributed by atoms with van der Waals surface area (Å²) in [5.74, 6) is -1.77. The van der Waals surface area contributed by atoms with Crippen LogP contribution < -0.4 is 11.5 Å². The molecule has 0 fully saturated rings. The molecule has 6 N–H and O–H groups in total. The summed E-state index contributed by atoms with van der Waals surface area (Å²) in [4.78, 5) is 20.1. The molecule has 6 nitrogen and oxygen atoms in total. The van der Waals surface area contributed by atoms with Crippen LogP contribution in [0.4, 0.5) is 0 Å². The predicted molar refractivity (Wildman–Crippen MR) is 75.2 cm³/mol. The minimum Gasteiger partial charge on any atom is -0.480 e. The van der Waals surface area contributed by atoms with Crippen LogP contribution in [0.25, 0.3) is 0 Å². The van der Waals surface area contributed by atoms with Crippen LogP contribution in [0.1, 0.15) is 5.56 Å². The Kier molecular flexibility index (Phi) is 8.60. The van der Waals surface area contributed by atoms with Crippen LogP contribution in [0.15, 0.2) is 30.3 Å². The van der Waals surface area contributed by atoms with Crippen molar-refractivity contribution < 1.29 is 19.8 Å². The second kappa shape index (κ2) is 9.37. The standard InChI is InChI=1S/C9H11NO2.C3H7NO2S/c10-8(9(11)12)6-7-4-2-1-3-5-7;4-2(1-7)3(5)6/h1-5,8H,6,10H2,(H,11,12);2,7H,1,4H2,(H,5,6)/t8-;2-/m10/s1. The van der Waals surface area contributed by atoms with Crippen molar-refractivity contribution in [2.24, 2.45) is 11.5 Å². The number of thiol groups is 1. The minimum absolute atomic E-state index is 0.190. The highest BCUT2D eigenvalue weighted by Crippen LogP contribution is 2.01. The number of rotatable bonds is 5. The largest absolute Gasteiger partial charge is 0.480 e. The number of carboxylic acid groups (broad SMARTS) is 2. The van der Waals surface area contributed by atoms with Crippen LogP contribution in [0.5, 0.6) is 0 Å². The monoisotopic (exact) mass is 286 g/mol. The normalized spacial score (nSPS) is 12.8. The van der Waals surface area contributed by atoms with Crippen LogP contribution in [-0.2, 0) is 16.0 Å². The Morgan fingerprint density at radius 3 is 1.84 bits per heavy atom. The average Bonchev–Trinajstić information content (AvgIpc) is 2.39. The Bertz CT molecular complexity index is 400. The van der Waals surface area contributed by atoms with E-state index in [0.29, 0.717) is 6.42 Å². The molecule has 1 aromatic carbocycles. The Morgan fingerprint density at radius 2 is 1.53 bits per heavy atom. The van der Waals surface area contributed by atoms with E-state index in [1.54, 1.807) is 0 Å². The van der Waals surface area contributed by atoms with E-state index in [4.69, 9.17) is 21.7 Å². The first-order chi connectivity index (χ1) is 8.88. The summed E-state index contributed by atoms with van der Waals surface area (Å²) in [5.41, 5.74) is 11.2. The van der Waals surface area contributed by atoms with Crippen molar-refractivity contribution in [3.05, 3.63) is 35.9 Å². The molecular formula is C12H18N2O4S. The lowest BCUT2D eigenvalue weighted by atomic mass is 10.1. The lowest BCUT2D eigenvalue weighted by Crippen LogP contribution is -2.32. The van der Waals surface area contributed by atoms with Gasteiger partial charge in [-0.05, 0) is 12.0 Å². The lowest BCUT2D eigenvalue weighted by molar-refractivity contribution is -0.139. The Hall–Kier alpha value is -1.57. The zero-order valence-electron chi connectivity index (χ0n) is 10.3. The van der Waals surface area contributed by atoms with Crippen LogP contribution in [0, 0.1) is 0 Å². The summed E-state index contributed by atoms with van der Waals surface area (Å²) >= 11 is 3.65. The number of hydrogen-bond donors (Lipinski definition) is 5. The molecule has 0 saturated heterocycles. The second-order valence-corrected chi connectivity index (χ2v) is 4.13. The molecule has 0 radical (unpaired) electrons. The highest BCUT2D eigenvalue weighted by Gasteiger charge is 2.10. The van der Waals surface area contributed by atoms with Gasteiger partial charge < -0.3 is 21.7 Å². The van der Waals surface area contributed by atoms with Crippen LogP contribution >= 0.6 is 12.6 Å². The van der Waals surface area contributed by atoms with E-state index in [1.807, 2.05) is 30.3 Å². The van der Waals surface area contributed by atoms with Crippen LogP contribution in [0.3, 0.4) is 0 Å². The fraction of sp³-hybridized carbons (Fsp3) is 0.333. The van der Waals surface area contributed by atoms with E-state index in [2.05, 4.69) is 12.6 Å². The molecule has 0 spiro atoms. The first-order valence-electron chi connectivity index (χ1n) is 5.50. The fourth-order valence-corrected chi connectivity index (χ4v) is 1.19. The molecule has 0 bridgehead atoms. The number of carboxylic acids is 2. The SMILES string of the molecule is N[C@@H](CS)C(=O)O.N[C@H](Cc1ccccc1)C(=O)O. The van der Waals surface area contributed by atoms with Gasteiger partial charge in [-0.3, -0.25) is 9.59 Å². The Labute approximate surface area is 116 Å². The molecule has 19 heavy (non-hydrogen) atoms. The van der Waals surface area contributed by atoms with Gasteiger partial charge in [0.05, 0.1) is 0 Å². The van der Waals surface area contributed by atoms with Gasteiger partial charge in [-0.1, -0.05) is 30.3 Å². The summed E-state index contributed by atoms with van der Waals surface area (Å²) in [6.45, 7) is 0. The maximum atomic E-state index is 10.4. The van der Waals surface area contributed by atoms with Gasteiger partial charge in [0.1, 0.15) is 12.1 Å². The first-order valence-corrected chi connectivity index (χ1v) is 6.13. The molecule has 2 atom stereocenters. The van der Waals surface area contributed by atoms with Crippen LogP contribution in [-0.4, -0.2) is 40.0 Å². The van der Waals surface area contributed by atoms with E-state index in [0.717, 1.165) is 5.56 Å². The Morgan fingerprint density at radius 1 is 1.05 bits per heavy atom. The molecule has 0 saturated carbocycles. The molecule has 1 aromatic rings. The summed E-state index contributed by atoms with van der Waals surface area (Å²) in [6.07, 6.45) is 0.385. The molecule has 0 aliphatic heterocycles. The van der Waals surface area contributed by atoms with E-state index in [-0.39, 0.29) is 5.75 Å². The van der Waals surface area contributed by atoms with Gasteiger partial charge in [-0.25, -0.2) is 0 Å². The van der Waals surface area contributed by atoms with Crippen LogP contribution in [0.2, 0.25) is 0 Å². The molecule has 1 rings (SSSR count). The van der Waals surface area contributed by atoms with Gasteiger partial charge in [-0.2, -0.15) is 12.6 Å². The zero-order valence-corrected chi connectivity index (χ0v) is 11.2. The van der Waals surface area contributed by atoms with Gasteiger partial charge in [0.15, 0.2) is 0 Å². The lowest BCUT2D eigenvalue weighted by Gasteiger charge is -2.04. The molecule has 0 amide bonds. The minimum atomic E-state index is -1.00. The van der Waals surface area contributed by atoms with E-state index >= 15 is 0 Å². The molecule has 0 unspecified atom stereocenters. The summed E-state index contributed by atoms with van der Waals surface area (Å²) in [7, 11) is 0. The molecule has 0 aromatic heterocycles. The third kappa shape index (κ3) is 8.20. The van der Waals surface area contributed by atoms with Gasteiger partial charge in [-0.15, -0.1) is 0 Å². The third-order valence-corrected chi connectivity index (χ3v) is 2.52. The molecule has 0 aliphatic rings. The maximum absolute atomic E-state index is 10.4. The van der Waals surface area contributed by atoms with Gasteiger partial charge in [0.2, 0.25) is 0 Å². The zero-order chi connectivity index (χ0) is 14.8. The predicted octanol–water partition coefficient (Wildman–Crippen LogP) is -0.0309. The van der Waals surface area contributed by atoms with Crippen molar-refractivity contribution in [1.82, 2.24) is 0 Å². The highest BCUT2D eigenvalue weighted by atomic mass is 32.1. The summed E-state index contributed by atoms with van der Waals surface area (Å²) < 4.78 is 0. The van der Waals surface area contributed by atoms with Gasteiger partial charge in [0, 0.05) is 5.75 Å². The third-order valence-electron chi connectivity index (χ3n) is 2.13. The van der Waals surface area contributed by atoms with E-state index in [1.165, 1.54) is 0 Å².